The molecule has 2 aliphatic rings. The van der Waals surface area contributed by atoms with Crippen molar-refractivity contribution in [2.75, 3.05) is 39.0 Å². The number of rotatable bonds is 4. The summed E-state index contributed by atoms with van der Waals surface area (Å²) in [6.07, 6.45) is 8.68. The average molecular weight is 374 g/mol. The number of thiophene rings is 1. The van der Waals surface area contributed by atoms with Gasteiger partial charge in [-0.15, -0.1) is 11.3 Å². The molecule has 7 heteroatoms. The summed E-state index contributed by atoms with van der Waals surface area (Å²) in [6, 6.07) is 0.415. The molecule has 0 atom stereocenters. The number of nitrogens with zero attached hydrogens (tertiary/aromatic N) is 4. The van der Waals surface area contributed by atoms with Gasteiger partial charge in [0.05, 0.1) is 11.9 Å². The number of fused-ring (bicyclic) bond motifs is 3. The Labute approximate surface area is 158 Å². The highest BCUT2D eigenvalue weighted by Crippen LogP contribution is 2.38. The van der Waals surface area contributed by atoms with Gasteiger partial charge in [0.25, 0.3) is 0 Å². The minimum absolute atomic E-state index is 0.179. The third kappa shape index (κ3) is 3.55. The van der Waals surface area contributed by atoms with Gasteiger partial charge >= 0.3 is 0 Å². The van der Waals surface area contributed by atoms with Crippen LogP contribution >= 0.6 is 11.3 Å². The zero-order chi connectivity index (χ0) is 18.1. The molecule has 3 heterocycles. The van der Waals surface area contributed by atoms with Gasteiger partial charge in [-0.3, -0.25) is 9.69 Å². The number of hydrogen-bond acceptors (Lipinski definition) is 6. The molecular formula is C19H27N5OS. The number of aromatic nitrogens is 2. The Morgan fingerprint density at radius 2 is 2.04 bits per heavy atom. The number of likely N-dealkylation sites (N-methyl/N-ethyl adjacent to an activating group) is 1. The quantitative estimate of drug-likeness (QED) is 0.892. The zero-order valence-corrected chi connectivity index (χ0v) is 16.4. The van der Waals surface area contributed by atoms with E-state index < -0.39 is 0 Å². The number of nitrogens with one attached hydrogen (secondary N) is 1. The smallest absolute Gasteiger partial charge is 0.236 e. The number of amides is 1. The van der Waals surface area contributed by atoms with E-state index in [1.807, 2.05) is 25.4 Å². The first-order chi connectivity index (χ1) is 12.6. The van der Waals surface area contributed by atoms with Gasteiger partial charge in [-0.05, 0) is 44.1 Å². The highest BCUT2D eigenvalue weighted by Gasteiger charge is 2.24. The molecule has 0 unspecified atom stereocenters. The second-order valence-corrected chi connectivity index (χ2v) is 8.68. The van der Waals surface area contributed by atoms with Crippen molar-refractivity contribution in [1.29, 1.82) is 0 Å². The standard InChI is InChI=1S/C19H27N5OS/c1-23(2)16(25)11-24-9-7-13(8-10-24)22-18-17-14-5-3-4-6-15(14)26-19(17)21-12-20-18/h12-13H,3-11H2,1-2H3,(H,20,21,22). The van der Waals surface area contributed by atoms with Crippen LogP contribution in [0.25, 0.3) is 10.2 Å². The van der Waals surface area contributed by atoms with Gasteiger partial charge in [0.2, 0.25) is 5.91 Å². The minimum Gasteiger partial charge on any atom is -0.367 e. The van der Waals surface area contributed by atoms with Crippen molar-refractivity contribution in [2.24, 2.45) is 0 Å². The summed E-state index contributed by atoms with van der Waals surface area (Å²) in [7, 11) is 3.64. The molecule has 0 aromatic carbocycles. The summed E-state index contributed by atoms with van der Waals surface area (Å²) < 4.78 is 0. The minimum atomic E-state index is 0.179. The SMILES string of the molecule is CN(C)C(=O)CN1CCC(Nc2ncnc3sc4c(c23)CCCC4)CC1. The second kappa shape index (κ2) is 7.48. The molecule has 1 amide bonds. The first kappa shape index (κ1) is 17.7. The van der Waals surface area contributed by atoms with Gasteiger partial charge in [-0.25, -0.2) is 9.97 Å². The van der Waals surface area contributed by atoms with Gasteiger partial charge < -0.3 is 10.2 Å². The van der Waals surface area contributed by atoms with Gasteiger partial charge in [0, 0.05) is 38.1 Å². The normalized spacial score (nSPS) is 18.7. The second-order valence-electron chi connectivity index (χ2n) is 7.60. The molecule has 140 valence electrons. The fourth-order valence-corrected chi connectivity index (χ4v) is 5.19. The fourth-order valence-electron chi connectivity index (χ4n) is 3.96. The number of carbonyl (C=O) groups is 1. The van der Waals surface area contributed by atoms with E-state index in [1.165, 1.54) is 35.1 Å². The Balaban J connectivity index is 1.44. The van der Waals surface area contributed by atoms with Crippen molar-refractivity contribution in [2.45, 2.75) is 44.6 Å². The number of piperidine rings is 1. The monoisotopic (exact) mass is 373 g/mol. The lowest BCUT2D eigenvalue weighted by atomic mass is 9.96. The summed E-state index contributed by atoms with van der Waals surface area (Å²) in [5.41, 5.74) is 1.48. The van der Waals surface area contributed by atoms with Crippen LogP contribution in [0, 0.1) is 0 Å². The maximum atomic E-state index is 11.9. The van der Waals surface area contributed by atoms with Crippen LogP contribution in [0.3, 0.4) is 0 Å². The summed E-state index contributed by atoms with van der Waals surface area (Å²) >= 11 is 1.84. The lowest BCUT2D eigenvalue weighted by molar-refractivity contribution is -0.130. The summed E-state index contributed by atoms with van der Waals surface area (Å²) in [5, 5.41) is 4.95. The Morgan fingerprint density at radius 1 is 1.27 bits per heavy atom. The maximum Gasteiger partial charge on any atom is 0.236 e. The number of aryl methyl sites for hydroxylation is 2. The molecule has 0 saturated carbocycles. The summed E-state index contributed by atoms with van der Waals surface area (Å²) in [6.45, 7) is 2.43. The van der Waals surface area contributed by atoms with E-state index in [0.717, 1.165) is 43.0 Å². The van der Waals surface area contributed by atoms with Crippen molar-refractivity contribution in [3.8, 4) is 0 Å². The topological polar surface area (TPSA) is 61.4 Å². The summed E-state index contributed by atoms with van der Waals surface area (Å²) in [5.74, 6) is 1.19. The highest BCUT2D eigenvalue weighted by atomic mass is 32.1. The zero-order valence-electron chi connectivity index (χ0n) is 15.6. The average Bonchev–Trinajstić information content (AvgIpc) is 3.03. The van der Waals surface area contributed by atoms with Crippen LogP contribution in [-0.4, -0.2) is 65.4 Å². The molecule has 1 fully saturated rings. The van der Waals surface area contributed by atoms with Crippen LogP contribution in [0.5, 0.6) is 0 Å². The first-order valence-electron chi connectivity index (χ1n) is 9.56. The number of carbonyl (C=O) groups excluding carboxylic acids is 1. The first-order valence-corrected chi connectivity index (χ1v) is 10.4. The molecule has 0 radical (unpaired) electrons. The number of hydrogen-bond donors (Lipinski definition) is 1. The lowest BCUT2D eigenvalue weighted by Crippen LogP contribution is -2.44. The van der Waals surface area contributed by atoms with Crippen LogP contribution < -0.4 is 5.32 Å². The lowest BCUT2D eigenvalue weighted by Gasteiger charge is -2.32. The number of likely N-dealkylation sites (tertiary alicyclic amines) is 1. The number of anilines is 1. The molecular weight excluding hydrogens is 346 g/mol. The van der Waals surface area contributed by atoms with Crippen LogP contribution in [0.15, 0.2) is 6.33 Å². The van der Waals surface area contributed by atoms with Crippen LogP contribution in [0.2, 0.25) is 0 Å². The molecule has 1 N–H and O–H groups in total. The van der Waals surface area contributed by atoms with E-state index >= 15 is 0 Å². The van der Waals surface area contributed by atoms with E-state index in [4.69, 9.17) is 0 Å². The largest absolute Gasteiger partial charge is 0.367 e. The van der Waals surface area contributed by atoms with E-state index in [1.54, 1.807) is 11.2 Å². The Kier molecular flexibility index (Phi) is 5.09. The molecule has 1 saturated heterocycles. The molecule has 0 spiro atoms. The van der Waals surface area contributed by atoms with Gasteiger partial charge in [-0.1, -0.05) is 0 Å². The van der Waals surface area contributed by atoms with Crippen molar-refractivity contribution in [3.63, 3.8) is 0 Å². The van der Waals surface area contributed by atoms with E-state index in [-0.39, 0.29) is 5.91 Å². The molecule has 2 aromatic heterocycles. The van der Waals surface area contributed by atoms with Crippen molar-refractivity contribution >= 4 is 33.3 Å². The van der Waals surface area contributed by atoms with E-state index in [0.29, 0.717) is 12.6 Å². The van der Waals surface area contributed by atoms with E-state index in [9.17, 15) is 4.79 Å². The highest BCUT2D eigenvalue weighted by molar-refractivity contribution is 7.19. The third-order valence-corrected chi connectivity index (χ3v) is 6.74. The molecule has 6 nitrogen and oxygen atoms in total. The van der Waals surface area contributed by atoms with Gasteiger partial charge in [0.1, 0.15) is 17.0 Å². The fraction of sp³-hybridized carbons (Fsp3) is 0.632. The van der Waals surface area contributed by atoms with Gasteiger partial charge in [0.15, 0.2) is 0 Å². The summed E-state index contributed by atoms with van der Waals surface area (Å²) in [4.78, 5) is 27.5. The molecule has 26 heavy (non-hydrogen) atoms. The van der Waals surface area contributed by atoms with Crippen molar-refractivity contribution in [1.82, 2.24) is 19.8 Å². The third-order valence-electron chi connectivity index (χ3n) is 5.54. The molecule has 1 aliphatic heterocycles. The Morgan fingerprint density at radius 3 is 2.81 bits per heavy atom. The molecule has 4 rings (SSSR count). The maximum absolute atomic E-state index is 11.9. The Hall–Kier alpha value is -1.73. The van der Waals surface area contributed by atoms with Crippen molar-refractivity contribution < 1.29 is 4.79 Å². The van der Waals surface area contributed by atoms with Crippen molar-refractivity contribution in [3.05, 3.63) is 16.8 Å². The van der Waals surface area contributed by atoms with E-state index in [2.05, 4.69) is 20.2 Å². The van der Waals surface area contributed by atoms with Crippen LogP contribution in [-0.2, 0) is 17.6 Å². The van der Waals surface area contributed by atoms with Crippen LogP contribution in [0.1, 0.15) is 36.1 Å². The Bertz CT molecular complexity index is 795. The predicted octanol–water partition coefficient (Wildman–Crippen LogP) is 2.53. The van der Waals surface area contributed by atoms with Gasteiger partial charge in [-0.2, -0.15) is 0 Å². The predicted molar refractivity (Wildman–Crippen MR) is 106 cm³/mol. The molecule has 2 aromatic rings. The van der Waals surface area contributed by atoms with Crippen LogP contribution in [0.4, 0.5) is 5.82 Å². The molecule has 1 aliphatic carbocycles. The molecule has 0 bridgehead atoms.